The molecule has 0 aliphatic heterocycles. The summed E-state index contributed by atoms with van der Waals surface area (Å²) in [6.45, 7) is 1.42. The first-order valence-corrected chi connectivity index (χ1v) is 8.21. The number of carbonyl (C=O) groups excluding carboxylic acids is 2. The van der Waals surface area contributed by atoms with Crippen LogP contribution < -0.4 is 15.4 Å². The van der Waals surface area contributed by atoms with Gasteiger partial charge >= 0.3 is 12.2 Å². The van der Waals surface area contributed by atoms with E-state index in [1.165, 1.54) is 6.92 Å². The minimum absolute atomic E-state index is 0.0627. The maximum absolute atomic E-state index is 12.5. The molecule has 25 heavy (non-hydrogen) atoms. The first kappa shape index (κ1) is 19.1. The second-order valence-corrected chi connectivity index (χ2v) is 6.08. The summed E-state index contributed by atoms with van der Waals surface area (Å²) in [6.07, 6.45) is -0.430. The van der Waals surface area contributed by atoms with Gasteiger partial charge in [0, 0.05) is 6.04 Å². The molecule has 138 valence electrons. The number of alkyl halides is 3. The molecule has 0 radical (unpaired) electrons. The molecule has 1 saturated carbocycles. The normalized spacial score (nSPS) is 16.8. The van der Waals surface area contributed by atoms with Gasteiger partial charge in [0.25, 0.3) is 5.91 Å². The standard InChI is InChI=1S/C17H21F3N2O3/c1-11(25-14-9-7-12(8-10-14)17(18,19)20)15(23)22-16(24)21-13-5-3-2-4-6-13/h7-11,13H,2-6H2,1H3,(H2,21,22,23,24)/t11-/m1/s1. The van der Waals surface area contributed by atoms with E-state index in [4.69, 9.17) is 4.74 Å². The number of rotatable bonds is 4. The van der Waals surface area contributed by atoms with E-state index in [1.807, 2.05) is 0 Å². The average Bonchev–Trinajstić information content (AvgIpc) is 2.55. The maximum atomic E-state index is 12.5. The van der Waals surface area contributed by atoms with E-state index in [0.717, 1.165) is 56.4 Å². The fourth-order valence-electron chi connectivity index (χ4n) is 2.66. The number of urea groups is 1. The van der Waals surface area contributed by atoms with Crippen LogP contribution in [0.25, 0.3) is 0 Å². The molecule has 8 heteroatoms. The Morgan fingerprint density at radius 1 is 1.12 bits per heavy atom. The number of hydrogen-bond acceptors (Lipinski definition) is 3. The summed E-state index contributed by atoms with van der Waals surface area (Å²) < 4.78 is 42.8. The molecule has 2 N–H and O–H groups in total. The van der Waals surface area contributed by atoms with Crippen molar-refractivity contribution >= 4 is 11.9 Å². The highest BCUT2D eigenvalue weighted by Crippen LogP contribution is 2.30. The molecule has 1 aliphatic carbocycles. The Labute approximate surface area is 143 Å². The number of hydrogen-bond donors (Lipinski definition) is 2. The summed E-state index contributed by atoms with van der Waals surface area (Å²) in [4.78, 5) is 23.8. The van der Waals surface area contributed by atoms with Crippen molar-refractivity contribution in [1.29, 1.82) is 0 Å². The molecule has 5 nitrogen and oxygen atoms in total. The Morgan fingerprint density at radius 3 is 2.28 bits per heavy atom. The van der Waals surface area contributed by atoms with Crippen molar-refractivity contribution in [3.63, 3.8) is 0 Å². The second-order valence-electron chi connectivity index (χ2n) is 6.08. The Balaban J connectivity index is 1.82. The van der Waals surface area contributed by atoms with Crippen molar-refractivity contribution in [1.82, 2.24) is 10.6 Å². The smallest absolute Gasteiger partial charge is 0.416 e. The number of ether oxygens (including phenoxy) is 1. The lowest BCUT2D eigenvalue weighted by Gasteiger charge is -2.23. The predicted molar refractivity (Wildman–Crippen MR) is 85.1 cm³/mol. The number of carbonyl (C=O) groups is 2. The summed E-state index contributed by atoms with van der Waals surface area (Å²) in [5.41, 5.74) is -0.802. The molecular weight excluding hydrogens is 337 g/mol. The summed E-state index contributed by atoms with van der Waals surface area (Å²) >= 11 is 0. The van der Waals surface area contributed by atoms with Crippen LogP contribution in [0.3, 0.4) is 0 Å². The zero-order chi connectivity index (χ0) is 18.4. The number of benzene rings is 1. The van der Waals surface area contributed by atoms with Gasteiger partial charge in [0.2, 0.25) is 0 Å². The minimum atomic E-state index is -4.43. The van der Waals surface area contributed by atoms with Crippen LogP contribution in [-0.4, -0.2) is 24.1 Å². The van der Waals surface area contributed by atoms with Gasteiger partial charge in [-0.1, -0.05) is 19.3 Å². The number of nitrogens with one attached hydrogen (secondary N) is 2. The average molecular weight is 358 g/mol. The van der Waals surface area contributed by atoms with Gasteiger partial charge in [-0.05, 0) is 44.0 Å². The molecular formula is C17H21F3N2O3. The number of imide groups is 1. The molecule has 0 saturated heterocycles. The Morgan fingerprint density at radius 2 is 1.72 bits per heavy atom. The van der Waals surface area contributed by atoms with Crippen molar-refractivity contribution < 1.29 is 27.5 Å². The third kappa shape index (κ3) is 5.95. The van der Waals surface area contributed by atoms with E-state index in [0.29, 0.717) is 0 Å². The zero-order valence-corrected chi connectivity index (χ0v) is 13.9. The SMILES string of the molecule is C[C@@H](Oc1ccc(C(F)(F)F)cc1)C(=O)NC(=O)NC1CCCCC1. The quantitative estimate of drug-likeness (QED) is 0.864. The van der Waals surface area contributed by atoms with Gasteiger partial charge in [-0.15, -0.1) is 0 Å². The van der Waals surface area contributed by atoms with Crippen LogP contribution >= 0.6 is 0 Å². The Bertz CT molecular complexity index is 596. The van der Waals surface area contributed by atoms with E-state index in [-0.39, 0.29) is 11.8 Å². The summed E-state index contributed by atoms with van der Waals surface area (Å²) in [5, 5.41) is 4.93. The molecule has 1 aliphatic rings. The van der Waals surface area contributed by atoms with Crippen LogP contribution in [0.15, 0.2) is 24.3 Å². The Hall–Kier alpha value is -2.25. The van der Waals surface area contributed by atoms with Gasteiger partial charge < -0.3 is 10.1 Å². The van der Waals surface area contributed by atoms with Crippen LogP contribution in [0, 0.1) is 0 Å². The van der Waals surface area contributed by atoms with Crippen LogP contribution in [0.4, 0.5) is 18.0 Å². The van der Waals surface area contributed by atoms with Crippen molar-refractivity contribution in [2.24, 2.45) is 0 Å². The van der Waals surface area contributed by atoms with Crippen molar-refractivity contribution in [2.45, 2.75) is 57.3 Å². The summed E-state index contributed by atoms with van der Waals surface area (Å²) in [5.74, 6) is -0.545. The first-order chi connectivity index (χ1) is 11.8. The molecule has 1 aromatic carbocycles. The molecule has 1 fully saturated rings. The monoisotopic (exact) mass is 358 g/mol. The molecule has 0 aromatic heterocycles. The first-order valence-electron chi connectivity index (χ1n) is 8.21. The minimum Gasteiger partial charge on any atom is -0.481 e. The van der Waals surface area contributed by atoms with Crippen molar-refractivity contribution in [2.75, 3.05) is 0 Å². The molecule has 2 rings (SSSR count). The lowest BCUT2D eigenvalue weighted by molar-refractivity contribution is -0.137. The van der Waals surface area contributed by atoms with E-state index in [2.05, 4.69) is 10.6 Å². The van der Waals surface area contributed by atoms with E-state index < -0.39 is 29.8 Å². The van der Waals surface area contributed by atoms with Crippen molar-refractivity contribution in [3.8, 4) is 5.75 Å². The largest absolute Gasteiger partial charge is 0.481 e. The van der Waals surface area contributed by atoms with Crippen LogP contribution in [0.5, 0.6) is 5.75 Å². The topological polar surface area (TPSA) is 67.4 Å². The lowest BCUT2D eigenvalue weighted by atomic mass is 9.96. The van der Waals surface area contributed by atoms with E-state index in [9.17, 15) is 22.8 Å². The van der Waals surface area contributed by atoms with Gasteiger partial charge in [0.05, 0.1) is 5.56 Å². The van der Waals surface area contributed by atoms with Gasteiger partial charge in [-0.3, -0.25) is 10.1 Å². The molecule has 1 atom stereocenters. The number of amides is 3. The highest BCUT2D eigenvalue weighted by atomic mass is 19.4. The summed E-state index contributed by atoms with van der Waals surface area (Å²) in [6, 6.07) is 3.49. The highest BCUT2D eigenvalue weighted by molar-refractivity contribution is 5.96. The lowest BCUT2D eigenvalue weighted by Crippen LogP contribution is -2.48. The highest BCUT2D eigenvalue weighted by Gasteiger charge is 2.30. The second kappa shape index (κ2) is 8.22. The molecule has 3 amide bonds. The number of halogens is 3. The van der Waals surface area contributed by atoms with E-state index >= 15 is 0 Å². The van der Waals surface area contributed by atoms with Crippen LogP contribution in [-0.2, 0) is 11.0 Å². The van der Waals surface area contributed by atoms with Gasteiger partial charge in [0.1, 0.15) is 5.75 Å². The van der Waals surface area contributed by atoms with Crippen molar-refractivity contribution in [3.05, 3.63) is 29.8 Å². The van der Waals surface area contributed by atoms with Gasteiger partial charge in [-0.2, -0.15) is 13.2 Å². The van der Waals surface area contributed by atoms with E-state index in [1.54, 1.807) is 0 Å². The Kier molecular flexibility index (Phi) is 6.27. The van der Waals surface area contributed by atoms with Crippen LogP contribution in [0.1, 0.15) is 44.6 Å². The molecule has 0 heterocycles. The third-order valence-electron chi connectivity index (χ3n) is 4.04. The third-order valence-corrected chi connectivity index (χ3v) is 4.04. The molecule has 0 bridgehead atoms. The van der Waals surface area contributed by atoms with Crippen LogP contribution in [0.2, 0.25) is 0 Å². The van der Waals surface area contributed by atoms with Gasteiger partial charge in [-0.25, -0.2) is 4.79 Å². The fraction of sp³-hybridized carbons (Fsp3) is 0.529. The maximum Gasteiger partial charge on any atom is 0.416 e. The zero-order valence-electron chi connectivity index (χ0n) is 13.9. The molecule has 0 unspecified atom stereocenters. The molecule has 1 aromatic rings. The predicted octanol–water partition coefficient (Wildman–Crippen LogP) is 3.63. The molecule has 0 spiro atoms. The fourth-order valence-corrected chi connectivity index (χ4v) is 2.66. The van der Waals surface area contributed by atoms with Gasteiger partial charge in [0.15, 0.2) is 6.10 Å². The summed E-state index contributed by atoms with van der Waals surface area (Å²) in [7, 11) is 0.